The number of aryl methyl sites for hydroxylation is 2. The molecule has 4 rings (SSSR count). The molecule has 2 aromatic rings. The van der Waals surface area contributed by atoms with Crippen molar-refractivity contribution >= 4 is 28.9 Å². The summed E-state index contributed by atoms with van der Waals surface area (Å²) in [6.07, 6.45) is 0. The fourth-order valence-electron chi connectivity index (χ4n) is 4.16. The van der Waals surface area contributed by atoms with Crippen LogP contribution in [0.15, 0.2) is 36.4 Å². The quantitative estimate of drug-likeness (QED) is 0.668. The molecule has 0 radical (unpaired) electrons. The summed E-state index contributed by atoms with van der Waals surface area (Å²) in [5.41, 5.74) is 2.81. The molecule has 7 heteroatoms. The van der Waals surface area contributed by atoms with Crippen molar-refractivity contribution in [3.63, 3.8) is 0 Å². The van der Waals surface area contributed by atoms with Gasteiger partial charge in [-0.05, 0) is 57.6 Å². The standard InChI is InChI=1S/C22H25N3O3S/c1-5-27-16-8-6-7-14-18-17(22(4,28-19(14)16)25-21(29)24-18)20(26)23-15-10-9-12(2)11-13(15)3/h6-11,17-18H,5H2,1-4H3,(H,23,26)(H2,24,25,29)/t17-,18+,22+/m1/s1. The summed E-state index contributed by atoms with van der Waals surface area (Å²) in [6, 6.07) is 11.3. The summed E-state index contributed by atoms with van der Waals surface area (Å²) in [4.78, 5) is 13.4. The Morgan fingerprint density at radius 3 is 2.83 bits per heavy atom. The van der Waals surface area contributed by atoms with Gasteiger partial charge in [-0.2, -0.15) is 0 Å². The molecule has 3 atom stereocenters. The van der Waals surface area contributed by atoms with Crippen LogP contribution in [-0.4, -0.2) is 23.4 Å². The minimum Gasteiger partial charge on any atom is -0.490 e. The molecule has 0 spiro atoms. The molecule has 2 aromatic carbocycles. The summed E-state index contributed by atoms with van der Waals surface area (Å²) in [7, 11) is 0. The maximum atomic E-state index is 13.4. The third-order valence-corrected chi connectivity index (χ3v) is 5.68. The number of carbonyl (C=O) groups is 1. The van der Waals surface area contributed by atoms with Crippen molar-refractivity contribution in [2.45, 2.75) is 39.5 Å². The van der Waals surface area contributed by atoms with E-state index in [1.54, 1.807) is 0 Å². The molecular weight excluding hydrogens is 386 g/mol. The second kappa shape index (κ2) is 7.22. The molecule has 1 amide bonds. The number of hydrogen-bond acceptors (Lipinski definition) is 4. The van der Waals surface area contributed by atoms with Gasteiger partial charge in [-0.25, -0.2) is 0 Å². The molecule has 2 aliphatic heterocycles. The van der Waals surface area contributed by atoms with Crippen molar-refractivity contribution in [1.29, 1.82) is 0 Å². The van der Waals surface area contributed by atoms with Crippen molar-refractivity contribution in [3.05, 3.63) is 53.1 Å². The zero-order chi connectivity index (χ0) is 20.8. The van der Waals surface area contributed by atoms with E-state index in [9.17, 15) is 4.79 Å². The highest BCUT2D eigenvalue weighted by Crippen LogP contribution is 2.49. The lowest BCUT2D eigenvalue weighted by Gasteiger charge is -2.50. The van der Waals surface area contributed by atoms with E-state index >= 15 is 0 Å². The van der Waals surface area contributed by atoms with Gasteiger partial charge in [0.05, 0.1) is 12.6 Å². The molecule has 0 aromatic heterocycles. The Bertz CT molecular complexity index is 993. The van der Waals surface area contributed by atoms with Gasteiger partial charge in [0.1, 0.15) is 5.92 Å². The summed E-state index contributed by atoms with van der Waals surface area (Å²) in [6.45, 7) is 8.32. The highest BCUT2D eigenvalue weighted by Gasteiger charge is 2.55. The number of amides is 1. The van der Waals surface area contributed by atoms with Gasteiger partial charge in [0, 0.05) is 11.3 Å². The Kier molecular flexibility index (Phi) is 4.86. The number of para-hydroxylation sites is 1. The molecule has 29 heavy (non-hydrogen) atoms. The number of anilines is 1. The van der Waals surface area contributed by atoms with Gasteiger partial charge < -0.3 is 25.4 Å². The van der Waals surface area contributed by atoms with E-state index in [-0.39, 0.29) is 11.9 Å². The van der Waals surface area contributed by atoms with Crippen molar-refractivity contribution < 1.29 is 14.3 Å². The van der Waals surface area contributed by atoms with Gasteiger partial charge in [-0.1, -0.05) is 29.8 Å². The summed E-state index contributed by atoms with van der Waals surface area (Å²) in [5.74, 6) is 0.615. The first-order chi connectivity index (χ1) is 13.8. The lowest BCUT2D eigenvalue weighted by atomic mass is 9.79. The van der Waals surface area contributed by atoms with Crippen molar-refractivity contribution in [3.8, 4) is 11.5 Å². The molecule has 2 bridgehead atoms. The first kappa shape index (κ1) is 19.5. The van der Waals surface area contributed by atoms with Crippen LogP contribution >= 0.6 is 12.2 Å². The fourth-order valence-corrected chi connectivity index (χ4v) is 4.49. The zero-order valence-electron chi connectivity index (χ0n) is 17.0. The van der Waals surface area contributed by atoms with E-state index in [1.165, 1.54) is 0 Å². The molecule has 152 valence electrons. The van der Waals surface area contributed by atoms with E-state index < -0.39 is 11.6 Å². The van der Waals surface area contributed by atoms with Crippen LogP contribution in [0.5, 0.6) is 11.5 Å². The van der Waals surface area contributed by atoms with Crippen LogP contribution in [-0.2, 0) is 4.79 Å². The SMILES string of the molecule is CCOc1cccc2c1O[C@]1(C)NC(=S)N[C@@H]2[C@@H]1C(=O)Nc1ccc(C)cc1C. The van der Waals surface area contributed by atoms with Gasteiger partial charge in [-0.3, -0.25) is 4.79 Å². The average Bonchev–Trinajstić information content (AvgIpc) is 2.64. The molecule has 3 N–H and O–H groups in total. The van der Waals surface area contributed by atoms with Gasteiger partial charge in [0.15, 0.2) is 22.3 Å². The topological polar surface area (TPSA) is 71.6 Å². The number of fused-ring (bicyclic) bond motifs is 4. The van der Waals surface area contributed by atoms with E-state index in [0.29, 0.717) is 23.2 Å². The number of carbonyl (C=O) groups excluding carboxylic acids is 1. The smallest absolute Gasteiger partial charge is 0.236 e. The van der Waals surface area contributed by atoms with Gasteiger partial charge in [0.25, 0.3) is 0 Å². The zero-order valence-corrected chi connectivity index (χ0v) is 17.8. The summed E-state index contributed by atoms with van der Waals surface area (Å²) in [5, 5.41) is 9.95. The van der Waals surface area contributed by atoms with Crippen LogP contribution in [0, 0.1) is 19.8 Å². The Balaban J connectivity index is 1.73. The molecule has 6 nitrogen and oxygen atoms in total. The van der Waals surface area contributed by atoms with Crippen molar-refractivity contribution in [2.75, 3.05) is 11.9 Å². The highest BCUT2D eigenvalue weighted by molar-refractivity contribution is 7.80. The summed E-state index contributed by atoms with van der Waals surface area (Å²) >= 11 is 5.38. The van der Waals surface area contributed by atoms with E-state index in [2.05, 4.69) is 16.0 Å². The number of benzene rings is 2. The number of rotatable bonds is 4. The molecule has 0 aliphatic carbocycles. The third kappa shape index (κ3) is 3.40. The number of nitrogens with one attached hydrogen (secondary N) is 3. The fraction of sp³-hybridized carbons (Fsp3) is 0.364. The van der Waals surface area contributed by atoms with Crippen LogP contribution in [0.1, 0.15) is 36.6 Å². The van der Waals surface area contributed by atoms with E-state index in [0.717, 1.165) is 22.4 Å². The van der Waals surface area contributed by atoms with Crippen LogP contribution in [0.3, 0.4) is 0 Å². The van der Waals surface area contributed by atoms with Crippen LogP contribution in [0.25, 0.3) is 0 Å². The first-order valence-electron chi connectivity index (χ1n) is 9.74. The predicted molar refractivity (Wildman–Crippen MR) is 116 cm³/mol. The minimum atomic E-state index is -1.00. The molecule has 1 saturated heterocycles. The van der Waals surface area contributed by atoms with Crippen LogP contribution < -0.4 is 25.4 Å². The summed E-state index contributed by atoms with van der Waals surface area (Å²) < 4.78 is 12.1. The van der Waals surface area contributed by atoms with Gasteiger partial charge in [0.2, 0.25) is 5.91 Å². The molecule has 0 saturated carbocycles. The van der Waals surface area contributed by atoms with Crippen molar-refractivity contribution in [2.24, 2.45) is 5.92 Å². The monoisotopic (exact) mass is 411 g/mol. The second-order valence-electron chi connectivity index (χ2n) is 7.68. The van der Waals surface area contributed by atoms with Gasteiger partial charge in [-0.15, -0.1) is 0 Å². The van der Waals surface area contributed by atoms with E-state index in [4.69, 9.17) is 21.7 Å². The van der Waals surface area contributed by atoms with Crippen LogP contribution in [0.4, 0.5) is 5.69 Å². The largest absolute Gasteiger partial charge is 0.490 e. The maximum absolute atomic E-state index is 13.4. The van der Waals surface area contributed by atoms with E-state index in [1.807, 2.05) is 64.1 Å². The molecular formula is C22H25N3O3S. The van der Waals surface area contributed by atoms with Crippen molar-refractivity contribution in [1.82, 2.24) is 10.6 Å². The second-order valence-corrected chi connectivity index (χ2v) is 8.09. The number of ether oxygens (including phenoxy) is 2. The predicted octanol–water partition coefficient (Wildman–Crippen LogP) is 3.58. The maximum Gasteiger partial charge on any atom is 0.236 e. The number of hydrogen-bond donors (Lipinski definition) is 3. The minimum absolute atomic E-state index is 0.139. The Morgan fingerprint density at radius 2 is 2.10 bits per heavy atom. The average molecular weight is 412 g/mol. The number of thiocarbonyl (C=S) groups is 1. The molecule has 2 heterocycles. The Hall–Kier alpha value is -2.80. The lowest BCUT2D eigenvalue weighted by molar-refractivity contribution is -0.132. The highest BCUT2D eigenvalue weighted by atomic mass is 32.1. The Labute approximate surface area is 176 Å². The van der Waals surface area contributed by atoms with Gasteiger partial charge >= 0.3 is 0 Å². The first-order valence-corrected chi connectivity index (χ1v) is 10.1. The van der Waals surface area contributed by atoms with Crippen LogP contribution in [0.2, 0.25) is 0 Å². The molecule has 0 unspecified atom stereocenters. The lowest BCUT2D eigenvalue weighted by Crippen LogP contribution is -2.70. The third-order valence-electron chi connectivity index (χ3n) is 5.46. The Morgan fingerprint density at radius 1 is 1.31 bits per heavy atom. The molecule has 1 fully saturated rings. The normalized spacial score (nSPS) is 24.5. The molecule has 2 aliphatic rings.